The number of urea groups is 1. The molecule has 1 aliphatic rings. The van der Waals surface area contributed by atoms with E-state index in [0.29, 0.717) is 37.7 Å². The number of methoxy groups -OCH3 is 1. The first-order chi connectivity index (χ1) is 18.6. The van der Waals surface area contributed by atoms with E-state index in [1.165, 1.54) is 0 Å². The van der Waals surface area contributed by atoms with E-state index in [2.05, 4.69) is 52.2 Å². The van der Waals surface area contributed by atoms with Crippen molar-refractivity contribution in [2.45, 2.75) is 45.7 Å². The second kappa shape index (κ2) is 11.6. The zero-order chi connectivity index (χ0) is 26.5. The molecule has 0 radical (unpaired) electrons. The minimum Gasteiger partial charge on any atom is -0.493 e. The van der Waals surface area contributed by atoms with Gasteiger partial charge in [0.05, 0.1) is 20.3 Å². The minimum atomic E-state index is 0.00821. The van der Waals surface area contributed by atoms with Gasteiger partial charge in [-0.05, 0) is 42.7 Å². The highest BCUT2D eigenvalue weighted by Gasteiger charge is 2.28. The van der Waals surface area contributed by atoms with Crippen LogP contribution in [0.15, 0.2) is 55.0 Å². The van der Waals surface area contributed by atoms with E-state index in [0.717, 1.165) is 60.2 Å². The molecule has 2 aromatic heterocycles. The van der Waals surface area contributed by atoms with Crippen LogP contribution in [-0.2, 0) is 20.1 Å². The van der Waals surface area contributed by atoms with Crippen LogP contribution in [0.5, 0.6) is 11.5 Å². The Morgan fingerprint density at radius 2 is 1.92 bits per heavy atom. The topological polar surface area (TPSA) is 77.7 Å². The summed E-state index contributed by atoms with van der Waals surface area (Å²) in [4.78, 5) is 17.4. The van der Waals surface area contributed by atoms with Crippen molar-refractivity contribution in [3.05, 3.63) is 66.4 Å². The highest BCUT2D eigenvalue weighted by molar-refractivity contribution is 5.93. The molecule has 3 heterocycles. The number of ether oxygens (including phenoxy) is 2. The fraction of sp³-hybridized carbons (Fsp3) is 0.414. The first kappa shape index (κ1) is 25.6. The molecular formula is C29H36N6O3. The molecule has 9 heteroatoms. The highest BCUT2D eigenvalue weighted by atomic mass is 16.5. The smallest absolute Gasteiger partial charge is 0.324 e. The molecule has 5 rings (SSSR count). The Hall–Kier alpha value is -4.01. The third-order valence-electron chi connectivity index (χ3n) is 7.16. The summed E-state index contributed by atoms with van der Waals surface area (Å²) in [7, 11) is 3.59. The van der Waals surface area contributed by atoms with Gasteiger partial charge in [0.25, 0.3) is 0 Å². The largest absolute Gasteiger partial charge is 0.493 e. The molecule has 1 aliphatic heterocycles. The first-order valence-electron chi connectivity index (χ1n) is 13.4. The van der Waals surface area contributed by atoms with E-state index in [4.69, 9.17) is 9.47 Å². The summed E-state index contributed by atoms with van der Waals surface area (Å²) < 4.78 is 15.6. The highest BCUT2D eigenvalue weighted by Crippen LogP contribution is 2.34. The number of fused-ring (bicyclic) bond motifs is 1. The summed E-state index contributed by atoms with van der Waals surface area (Å²) in [6.07, 6.45) is 7.94. The molecule has 0 aliphatic carbocycles. The van der Waals surface area contributed by atoms with E-state index >= 15 is 0 Å². The molecule has 9 nitrogen and oxygen atoms in total. The number of hydrogen-bond acceptors (Lipinski definition) is 5. The van der Waals surface area contributed by atoms with Gasteiger partial charge < -0.3 is 23.5 Å². The van der Waals surface area contributed by atoms with E-state index < -0.39 is 0 Å². The van der Waals surface area contributed by atoms with Gasteiger partial charge in [-0.15, -0.1) is 10.2 Å². The molecule has 4 aromatic rings. The monoisotopic (exact) mass is 516 g/mol. The number of carbonyl (C=O) groups is 1. The number of hydrogen-bond donors (Lipinski definition) is 0. The fourth-order valence-corrected chi connectivity index (χ4v) is 5.02. The lowest BCUT2D eigenvalue weighted by Gasteiger charge is -2.36. The lowest BCUT2D eigenvalue weighted by Crippen LogP contribution is -2.49. The van der Waals surface area contributed by atoms with Crippen molar-refractivity contribution in [2.24, 2.45) is 7.05 Å². The van der Waals surface area contributed by atoms with Gasteiger partial charge in [0.15, 0.2) is 17.3 Å². The van der Waals surface area contributed by atoms with Gasteiger partial charge in [0, 0.05) is 55.5 Å². The number of rotatable bonds is 11. The second-order valence-corrected chi connectivity index (χ2v) is 9.75. The average Bonchev–Trinajstić information content (AvgIpc) is 3.54. The molecule has 2 amide bonds. The SMILES string of the molecule is CCCCCOc1cc(N2CCCN(Cc3cccc4c3ccn4Cc3nncn3C)C2=O)ccc1OC. The van der Waals surface area contributed by atoms with Crippen molar-refractivity contribution in [1.29, 1.82) is 0 Å². The Kier molecular flexibility index (Phi) is 7.81. The van der Waals surface area contributed by atoms with Gasteiger partial charge in [-0.3, -0.25) is 4.90 Å². The Morgan fingerprint density at radius 1 is 1.03 bits per heavy atom. The number of amides is 2. The van der Waals surface area contributed by atoms with Gasteiger partial charge in [-0.25, -0.2) is 4.79 Å². The predicted octanol–water partition coefficient (Wildman–Crippen LogP) is 5.23. The third kappa shape index (κ3) is 5.32. The Balaban J connectivity index is 1.33. The van der Waals surface area contributed by atoms with Gasteiger partial charge in [-0.1, -0.05) is 31.9 Å². The van der Waals surface area contributed by atoms with Crippen LogP contribution in [0.2, 0.25) is 0 Å². The molecule has 0 saturated carbocycles. The van der Waals surface area contributed by atoms with Crippen LogP contribution in [0.25, 0.3) is 10.9 Å². The van der Waals surface area contributed by atoms with Crippen molar-refractivity contribution < 1.29 is 14.3 Å². The maximum Gasteiger partial charge on any atom is 0.324 e. The van der Waals surface area contributed by atoms with E-state index in [-0.39, 0.29) is 6.03 Å². The number of nitrogens with zero attached hydrogens (tertiary/aromatic N) is 6. The van der Waals surface area contributed by atoms with Crippen molar-refractivity contribution in [3.8, 4) is 11.5 Å². The number of unbranched alkanes of at least 4 members (excludes halogenated alkanes) is 2. The Morgan fingerprint density at radius 3 is 2.71 bits per heavy atom. The summed E-state index contributed by atoms with van der Waals surface area (Å²) in [5, 5.41) is 9.35. The van der Waals surface area contributed by atoms with E-state index in [1.54, 1.807) is 13.4 Å². The summed E-state index contributed by atoms with van der Waals surface area (Å²) in [6, 6.07) is 14.2. The summed E-state index contributed by atoms with van der Waals surface area (Å²) in [5.74, 6) is 2.26. The van der Waals surface area contributed by atoms with Crippen LogP contribution in [0.1, 0.15) is 44.0 Å². The van der Waals surface area contributed by atoms with Crippen molar-refractivity contribution in [3.63, 3.8) is 0 Å². The number of anilines is 1. The zero-order valence-corrected chi connectivity index (χ0v) is 22.5. The predicted molar refractivity (Wildman–Crippen MR) is 148 cm³/mol. The Bertz CT molecular complexity index is 1390. The van der Waals surface area contributed by atoms with Crippen molar-refractivity contribution in [2.75, 3.05) is 31.7 Å². The third-order valence-corrected chi connectivity index (χ3v) is 7.16. The van der Waals surface area contributed by atoms with E-state index in [9.17, 15) is 4.79 Å². The lowest BCUT2D eigenvalue weighted by molar-refractivity contribution is 0.192. The number of aryl methyl sites for hydroxylation is 1. The minimum absolute atomic E-state index is 0.00821. The zero-order valence-electron chi connectivity index (χ0n) is 22.5. The molecule has 0 bridgehead atoms. The van der Waals surface area contributed by atoms with Gasteiger partial charge in [-0.2, -0.15) is 0 Å². The van der Waals surface area contributed by atoms with Gasteiger partial charge >= 0.3 is 6.03 Å². The summed E-state index contributed by atoms with van der Waals surface area (Å²) >= 11 is 0. The normalized spacial score (nSPS) is 13.9. The summed E-state index contributed by atoms with van der Waals surface area (Å²) in [6.45, 7) is 5.40. The molecule has 0 atom stereocenters. The van der Waals surface area contributed by atoms with Gasteiger partial charge in [0.1, 0.15) is 6.33 Å². The molecular weight excluding hydrogens is 480 g/mol. The van der Waals surface area contributed by atoms with Crippen molar-refractivity contribution >= 4 is 22.6 Å². The number of aromatic nitrogens is 4. The molecule has 0 N–H and O–H groups in total. The maximum absolute atomic E-state index is 13.6. The van der Waals surface area contributed by atoms with Crippen molar-refractivity contribution in [1.82, 2.24) is 24.2 Å². The van der Waals surface area contributed by atoms with Gasteiger partial charge in [0.2, 0.25) is 0 Å². The first-order valence-corrected chi connectivity index (χ1v) is 13.4. The molecule has 0 spiro atoms. The number of carbonyl (C=O) groups excluding carboxylic acids is 1. The molecule has 0 unspecified atom stereocenters. The second-order valence-electron chi connectivity index (χ2n) is 9.75. The maximum atomic E-state index is 13.6. The molecule has 200 valence electrons. The quantitative estimate of drug-likeness (QED) is 0.255. The summed E-state index contributed by atoms with van der Waals surface area (Å²) in [5.41, 5.74) is 3.08. The van der Waals surface area contributed by atoms with Crippen LogP contribution in [0.3, 0.4) is 0 Å². The molecule has 38 heavy (non-hydrogen) atoms. The lowest BCUT2D eigenvalue weighted by atomic mass is 10.1. The van der Waals surface area contributed by atoms with Crippen LogP contribution in [0.4, 0.5) is 10.5 Å². The van der Waals surface area contributed by atoms with Crippen LogP contribution in [0, 0.1) is 0 Å². The van der Waals surface area contributed by atoms with Crippen LogP contribution >= 0.6 is 0 Å². The molecule has 2 aromatic carbocycles. The van der Waals surface area contributed by atoms with E-state index in [1.807, 2.05) is 39.6 Å². The standard InChI is InChI=1S/C29H36N6O3/c1-4-5-6-17-38-27-18-23(11-12-26(27)37-3)35-15-8-14-34(29(35)36)19-22-9-7-10-25-24(22)13-16-33(25)20-28-31-30-21-32(28)2/h7,9-13,16,18,21H,4-6,8,14-15,17,19-20H2,1-3H3. The Labute approximate surface area is 223 Å². The van der Waals surface area contributed by atoms with Crippen LogP contribution in [-0.4, -0.2) is 57.1 Å². The molecule has 1 saturated heterocycles. The fourth-order valence-electron chi connectivity index (χ4n) is 5.02. The number of benzene rings is 2. The average molecular weight is 517 g/mol. The molecule has 1 fully saturated rings. The van der Waals surface area contributed by atoms with Crippen LogP contribution < -0.4 is 14.4 Å².